The summed E-state index contributed by atoms with van der Waals surface area (Å²) in [7, 11) is 0. The molecule has 1 aromatic heterocycles. The number of rotatable bonds is 5. The van der Waals surface area contributed by atoms with E-state index in [1.54, 1.807) is 0 Å². The van der Waals surface area contributed by atoms with Crippen molar-refractivity contribution in [3.05, 3.63) is 29.1 Å². The van der Waals surface area contributed by atoms with E-state index in [9.17, 15) is 5.11 Å². The van der Waals surface area contributed by atoms with Gasteiger partial charge in [-0.05, 0) is 43.4 Å². The van der Waals surface area contributed by atoms with Gasteiger partial charge in [0.15, 0.2) is 0 Å². The van der Waals surface area contributed by atoms with Gasteiger partial charge in [0.1, 0.15) is 0 Å². The topological polar surface area (TPSA) is 45.6 Å². The van der Waals surface area contributed by atoms with Crippen LogP contribution in [0.5, 0.6) is 0 Å². The molecule has 2 saturated heterocycles. The van der Waals surface area contributed by atoms with E-state index in [4.69, 9.17) is 9.72 Å². The predicted molar refractivity (Wildman–Crippen MR) is 87.0 cm³/mol. The van der Waals surface area contributed by atoms with E-state index in [0.717, 1.165) is 44.8 Å². The molecule has 0 spiro atoms. The number of hydrogen-bond donors (Lipinski definition) is 1. The second kappa shape index (κ2) is 7.07. The first-order valence-corrected chi connectivity index (χ1v) is 8.61. The van der Waals surface area contributed by atoms with Gasteiger partial charge in [0, 0.05) is 30.8 Å². The van der Waals surface area contributed by atoms with Crippen LogP contribution in [-0.4, -0.2) is 47.4 Å². The first-order chi connectivity index (χ1) is 10.7. The van der Waals surface area contributed by atoms with Crippen molar-refractivity contribution >= 4 is 0 Å². The van der Waals surface area contributed by atoms with Crippen molar-refractivity contribution in [2.75, 3.05) is 26.4 Å². The highest BCUT2D eigenvalue weighted by atomic mass is 16.5. The SMILES string of the molecule is CC(C)c1ccc([C@@H]2CCOC2)c(CN2CCC[C@H]2CO)n1. The molecule has 1 aromatic rings. The minimum atomic E-state index is 0.256. The van der Waals surface area contributed by atoms with Crippen LogP contribution in [0.3, 0.4) is 0 Å². The highest BCUT2D eigenvalue weighted by Gasteiger charge is 2.27. The van der Waals surface area contributed by atoms with E-state index in [1.807, 2.05) is 0 Å². The van der Waals surface area contributed by atoms with Gasteiger partial charge in [-0.15, -0.1) is 0 Å². The van der Waals surface area contributed by atoms with E-state index in [-0.39, 0.29) is 6.61 Å². The second-order valence-corrected chi connectivity index (χ2v) is 6.94. The Balaban J connectivity index is 1.86. The lowest BCUT2D eigenvalue weighted by Crippen LogP contribution is -2.32. The summed E-state index contributed by atoms with van der Waals surface area (Å²) in [6.45, 7) is 8.24. The van der Waals surface area contributed by atoms with Gasteiger partial charge >= 0.3 is 0 Å². The van der Waals surface area contributed by atoms with E-state index >= 15 is 0 Å². The molecule has 0 bridgehead atoms. The van der Waals surface area contributed by atoms with Gasteiger partial charge in [0.2, 0.25) is 0 Å². The average molecular weight is 304 g/mol. The zero-order valence-electron chi connectivity index (χ0n) is 13.8. The summed E-state index contributed by atoms with van der Waals surface area (Å²) in [6.07, 6.45) is 3.37. The molecule has 0 amide bonds. The quantitative estimate of drug-likeness (QED) is 0.908. The normalized spacial score (nSPS) is 26.2. The molecule has 0 saturated carbocycles. The van der Waals surface area contributed by atoms with Crippen LogP contribution in [0, 0.1) is 0 Å². The van der Waals surface area contributed by atoms with Crippen LogP contribution in [0.25, 0.3) is 0 Å². The molecular formula is C18H28N2O2. The van der Waals surface area contributed by atoms with Gasteiger partial charge in [-0.3, -0.25) is 9.88 Å². The summed E-state index contributed by atoms with van der Waals surface area (Å²) in [4.78, 5) is 7.36. The number of aliphatic hydroxyl groups is 1. The zero-order chi connectivity index (χ0) is 15.5. The summed E-state index contributed by atoms with van der Waals surface area (Å²) in [5, 5.41) is 9.56. The van der Waals surface area contributed by atoms with E-state index in [1.165, 1.54) is 17.7 Å². The molecule has 2 fully saturated rings. The maximum Gasteiger partial charge on any atom is 0.0587 e. The third-order valence-corrected chi connectivity index (χ3v) is 5.05. The number of pyridine rings is 1. The molecule has 2 atom stereocenters. The van der Waals surface area contributed by atoms with Crippen LogP contribution in [0.1, 0.15) is 61.9 Å². The highest BCUT2D eigenvalue weighted by Crippen LogP contribution is 2.30. The first kappa shape index (κ1) is 15.9. The van der Waals surface area contributed by atoms with Gasteiger partial charge in [-0.25, -0.2) is 0 Å². The first-order valence-electron chi connectivity index (χ1n) is 8.61. The standard InChI is InChI=1S/C18H28N2O2/c1-13(2)17-6-5-16(14-7-9-22-12-14)18(19-17)10-20-8-3-4-15(20)11-21/h5-6,13-15,21H,3-4,7-12H2,1-2H3/t14-,15+/m1/s1. The summed E-state index contributed by atoms with van der Waals surface area (Å²) in [6, 6.07) is 4.74. The zero-order valence-corrected chi connectivity index (χ0v) is 13.8. The molecule has 0 radical (unpaired) electrons. The molecule has 122 valence electrons. The Morgan fingerprint density at radius 3 is 2.91 bits per heavy atom. The van der Waals surface area contributed by atoms with Crippen LogP contribution < -0.4 is 0 Å². The Bertz CT molecular complexity index is 498. The molecule has 3 rings (SSSR count). The number of aliphatic hydroxyl groups excluding tert-OH is 1. The molecule has 4 nitrogen and oxygen atoms in total. The fourth-order valence-corrected chi connectivity index (χ4v) is 3.63. The molecular weight excluding hydrogens is 276 g/mol. The van der Waals surface area contributed by atoms with Gasteiger partial charge < -0.3 is 9.84 Å². The third kappa shape index (κ3) is 3.34. The van der Waals surface area contributed by atoms with Crippen LogP contribution in [0.15, 0.2) is 12.1 Å². The lowest BCUT2D eigenvalue weighted by Gasteiger charge is -2.25. The smallest absolute Gasteiger partial charge is 0.0587 e. The minimum absolute atomic E-state index is 0.256. The third-order valence-electron chi connectivity index (χ3n) is 5.05. The fraction of sp³-hybridized carbons (Fsp3) is 0.722. The monoisotopic (exact) mass is 304 g/mol. The number of nitrogens with zero attached hydrogens (tertiary/aromatic N) is 2. The molecule has 3 heterocycles. The van der Waals surface area contributed by atoms with Crippen molar-refractivity contribution in [2.24, 2.45) is 0 Å². The number of ether oxygens (including phenoxy) is 1. The molecule has 2 aliphatic rings. The Kier molecular flexibility index (Phi) is 5.11. The maximum absolute atomic E-state index is 9.56. The Hall–Kier alpha value is -0.970. The largest absolute Gasteiger partial charge is 0.395 e. The fourth-order valence-electron chi connectivity index (χ4n) is 3.63. The lowest BCUT2D eigenvalue weighted by molar-refractivity contribution is 0.151. The maximum atomic E-state index is 9.56. The number of aromatic nitrogens is 1. The highest BCUT2D eigenvalue weighted by molar-refractivity contribution is 5.29. The average Bonchev–Trinajstić information content (AvgIpc) is 3.18. The van der Waals surface area contributed by atoms with Crippen molar-refractivity contribution in [1.29, 1.82) is 0 Å². The lowest BCUT2D eigenvalue weighted by atomic mass is 9.95. The Morgan fingerprint density at radius 1 is 1.36 bits per heavy atom. The molecule has 0 aromatic carbocycles. The molecule has 0 unspecified atom stereocenters. The van der Waals surface area contributed by atoms with Crippen molar-refractivity contribution < 1.29 is 9.84 Å². The van der Waals surface area contributed by atoms with Gasteiger partial charge in [-0.2, -0.15) is 0 Å². The number of hydrogen-bond acceptors (Lipinski definition) is 4. The van der Waals surface area contributed by atoms with Crippen LogP contribution in [0.2, 0.25) is 0 Å². The molecule has 4 heteroatoms. The van der Waals surface area contributed by atoms with Crippen LogP contribution in [-0.2, 0) is 11.3 Å². The van der Waals surface area contributed by atoms with Gasteiger partial charge in [0.05, 0.1) is 18.9 Å². The Labute approximate surface area is 133 Å². The Morgan fingerprint density at radius 2 is 2.23 bits per heavy atom. The van der Waals surface area contributed by atoms with Crippen molar-refractivity contribution in [2.45, 2.75) is 57.5 Å². The van der Waals surface area contributed by atoms with E-state index in [2.05, 4.69) is 30.9 Å². The summed E-state index contributed by atoms with van der Waals surface area (Å²) in [5.41, 5.74) is 3.71. The molecule has 0 aliphatic carbocycles. The van der Waals surface area contributed by atoms with Gasteiger partial charge in [-0.1, -0.05) is 19.9 Å². The van der Waals surface area contributed by atoms with Crippen LogP contribution in [0.4, 0.5) is 0 Å². The summed E-state index contributed by atoms with van der Waals surface area (Å²) < 4.78 is 5.58. The predicted octanol–water partition coefficient (Wildman–Crippen LogP) is 2.67. The minimum Gasteiger partial charge on any atom is -0.395 e. The summed E-state index contributed by atoms with van der Waals surface area (Å²) >= 11 is 0. The van der Waals surface area contributed by atoms with Crippen molar-refractivity contribution in [1.82, 2.24) is 9.88 Å². The molecule has 2 aliphatic heterocycles. The van der Waals surface area contributed by atoms with Crippen molar-refractivity contribution in [3.8, 4) is 0 Å². The van der Waals surface area contributed by atoms with E-state index < -0.39 is 0 Å². The van der Waals surface area contributed by atoms with Crippen LogP contribution >= 0.6 is 0 Å². The van der Waals surface area contributed by atoms with E-state index in [0.29, 0.717) is 17.9 Å². The molecule has 22 heavy (non-hydrogen) atoms. The molecule has 1 N–H and O–H groups in total. The van der Waals surface area contributed by atoms with Crippen molar-refractivity contribution in [3.63, 3.8) is 0 Å². The second-order valence-electron chi connectivity index (χ2n) is 6.94. The number of likely N-dealkylation sites (tertiary alicyclic amines) is 1. The van der Waals surface area contributed by atoms with Gasteiger partial charge in [0.25, 0.3) is 0 Å². The summed E-state index contributed by atoms with van der Waals surface area (Å²) in [5.74, 6) is 0.929.